The predicted octanol–water partition coefficient (Wildman–Crippen LogP) is 2.84. The van der Waals surface area contributed by atoms with Gasteiger partial charge in [-0.2, -0.15) is 5.10 Å². The van der Waals surface area contributed by atoms with Gasteiger partial charge in [0.2, 0.25) is 0 Å². The Morgan fingerprint density at radius 1 is 1.36 bits per heavy atom. The van der Waals surface area contributed by atoms with E-state index in [0.29, 0.717) is 11.8 Å². The molecule has 1 aromatic heterocycles. The summed E-state index contributed by atoms with van der Waals surface area (Å²) in [6, 6.07) is 3.53. The van der Waals surface area contributed by atoms with E-state index in [9.17, 15) is 0 Å². The van der Waals surface area contributed by atoms with Crippen LogP contribution in [-0.4, -0.2) is 15.8 Å². The number of nitrogens with zero attached hydrogens (tertiary/aromatic N) is 2. The molecule has 1 aromatic rings. The topological polar surface area (TPSA) is 35.0 Å². The quantitative estimate of drug-likeness (QED) is 0.773. The normalized spacial score (nSPS) is 11.7. The van der Waals surface area contributed by atoms with Gasteiger partial charge in [-0.15, -0.1) is 5.10 Å². The molecule has 0 radical (unpaired) electrons. The van der Waals surface area contributed by atoms with Crippen molar-refractivity contribution in [2.45, 2.75) is 39.4 Å². The summed E-state index contributed by atoms with van der Waals surface area (Å²) in [6.45, 7) is 6.67. The molecule has 0 fully saturated rings. The van der Waals surface area contributed by atoms with E-state index in [-0.39, 0.29) is 5.60 Å². The number of halogens is 1. The van der Waals surface area contributed by atoms with Crippen LogP contribution in [0.15, 0.2) is 12.1 Å². The van der Waals surface area contributed by atoms with E-state index in [1.807, 2.05) is 6.07 Å². The Balaban J connectivity index is 2.50. The van der Waals surface area contributed by atoms with Gasteiger partial charge in [0.05, 0.1) is 17.9 Å². The van der Waals surface area contributed by atoms with Gasteiger partial charge >= 0.3 is 0 Å². The zero-order valence-corrected chi connectivity index (χ0v) is 9.51. The van der Waals surface area contributed by atoms with Crippen molar-refractivity contribution in [2.75, 3.05) is 0 Å². The molecule has 0 amide bonds. The van der Waals surface area contributed by atoms with Gasteiger partial charge in [-0.25, -0.2) is 0 Å². The summed E-state index contributed by atoms with van der Waals surface area (Å²) in [7, 11) is 0. The maximum atomic E-state index is 5.66. The molecule has 1 heterocycles. The summed E-state index contributed by atoms with van der Waals surface area (Å²) in [6.07, 6.45) is 0.966. The fourth-order valence-corrected chi connectivity index (χ4v) is 0.893. The molecule has 3 nitrogen and oxygen atoms in total. The van der Waals surface area contributed by atoms with Crippen molar-refractivity contribution in [3.8, 4) is 0 Å². The number of hydrogen-bond acceptors (Lipinski definition) is 3. The summed E-state index contributed by atoms with van der Waals surface area (Å²) in [5.74, 6) is 0. The first-order chi connectivity index (χ1) is 6.53. The number of hydrogen-bond donors (Lipinski definition) is 0. The number of rotatable bonds is 4. The lowest BCUT2D eigenvalue weighted by Crippen LogP contribution is -2.23. The van der Waals surface area contributed by atoms with Gasteiger partial charge in [0, 0.05) is 0 Å². The summed E-state index contributed by atoms with van der Waals surface area (Å²) < 4.78 is 5.66. The molecule has 0 saturated carbocycles. The van der Waals surface area contributed by atoms with Gasteiger partial charge in [-0.3, -0.25) is 0 Å². The third kappa shape index (κ3) is 3.60. The molecular formula is C10H15ClN2O. The van der Waals surface area contributed by atoms with E-state index >= 15 is 0 Å². The highest BCUT2D eigenvalue weighted by atomic mass is 35.5. The van der Waals surface area contributed by atoms with Crippen LogP contribution in [0.25, 0.3) is 0 Å². The molecule has 0 bridgehead atoms. The molecule has 0 spiro atoms. The lowest BCUT2D eigenvalue weighted by atomic mass is 10.1. The smallest absolute Gasteiger partial charge is 0.151 e. The van der Waals surface area contributed by atoms with E-state index < -0.39 is 0 Å². The summed E-state index contributed by atoms with van der Waals surface area (Å²) >= 11 is 5.61. The maximum absolute atomic E-state index is 5.66. The molecule has 0 aliphatic heterocycles. The van der Waals surface area contributed by atoms with E-state index in [2.05, 4.69) is 31.0 Å². The zero-order valence-electron chi connectivity index (χ0n) is 8.75. The predicted molar refractivity (Wildman–Crippen MR) is 56.2 cm³/mol. The van der Waals surface area contributed by atoms with Crippen LogP contribution in [0.3, 0.4) is 0 Å². The molecule has 1 rings (SSSR count). The minimum Gasteiger partial charge on any atom is -0.369 e. The molecular weight excluding hydrogens is 200 g/mol. The van der Waals surface area contributed by atoms with Crippen molar-refractivity contribution in [2.24, 2.45) is 0 Å². The number of ether oxygens (including phenoxy) is 1. The van der Waals surface area contributed by atoms with E-state index in [1.165, 1.54) is 0 Å². The van der Waals surface area contributed by atoms with E-state index in [1.54, 1.807) is 6.07 Å². The Bertz CT molecular complexity index is 285. The number of aromatic nitrogens is 2. The maximum Gasteiger partial charge on any atom is 0.151 e. The van der Waals surface area contributed by atoms with Gasteiger partial charge in [0.15, 0.2) is 5.15 Å². The molecule has 0 unspecified atom stereocenters. The van der Waals surface area contributed by atoms with Crippen LogP contribution in [0.4, 0.5) is 0 Å². The highest BCUT2D eigenvalue weighted by Crippen LogP contribution is 2.15. The summed E-state index contributed by atoms with van der Waals surface area (Å²) in [5, 5.41) is 8.06. The van der Waals surface area contributed by atoms with Crippen LogP contribution in [-0.2, 0) is 11.3 Å². The van der Waals surface area contributed by atoms with Crippen molar-refractivity contribution in [3.63, 3.8) is 0 Å². The third-order valence-electron chi connectivity index (χ3n) is 2.15. The fraction of sp³-hybridized carbons (Fsp3) is 0.600. The van der Waals surface area contributed by atoms with Crippen LogP contribution in [0, 0.1) is 0 Å². The minimum absolute atomic E-state index is 0.110. The molecule has 0 saturated heterocycles. The van der Waals surface area contributed by atoms with Crippen LogP contribution in [0.1, 0.15) is 32.9 Å². The van der Waals surface area contributed by atoms with Gasteiger partial charge < -0.3 is 4.74 Å². The average molecular weight is 215 g/mol. The van der Waals surface area contributed by atoms with Crippen LogP contribution in [0.5, 0.6) is 0 Å². The molecule has 0 aliphatic carbocycles. The minimum atomic E-state index is -0.110. The molecule has 0 aliphatic rings. The molecule has 4 heteroatoms. The molecule has 78 valence electrons. The lowest BCUT2D eigenvalue weighted by Gasteiger charge is -2.22. The zero-order chi connectivity index (χ0) is 10.6. The first-order valence-electron chi connectivity index (χ1n) is 4.65. The Labute approximate surface area is 89.4 Å². The van der Waals surface area contributed by atoms with E-state index in [4.69, 9.17) is 16.3 Å². The third-order valence-corrected chi connectivity index (χ3v) is 2.35. The molecule has 14 heavy (non-hydrogen) atoms. The monoisotopic (exact) mass is 214 g/mol. The van der Waals surface area contributed by atoms with Crippen molar-refractivity contribution in [3.05, 3.63) is 23.0 Å². The van der Waals surface area contributed by atoms with Gasteiger partial charge in [0.1, 0.15) is 0 Å². The Kier molecular flexibility index (Phi) is 3.84. The van der Waals surface area contributed by atoms with Crippen LogP contribution < -0.4 is 0 Å². The second-order valence-corrected chi connectivity index (χ2v) is 4.14. The Morgan fingerprint density at radius 3 is 2.57 bits per heavy atom. The van der Waals surface area contributed by atoms with E-state index in [0.717, 1.165) is 12.1 Å². The second-order valence-electron chi connectivity index (χ2n) is 3.75. The molecule has 0 atom stereocenters. The highest BCUT2D eigenvalue weighted by Gasteiger charge is 2.15. The van der Waals surface area contributed by atoms with Crippen LogP contribution >= 0.6 is 11.6 Å². The molecule has 0 N–H and O–H groups in total. The Morgan fingerprint density at radius 2 is 2.07 bits per heavy atom. The molecule has 0 aromatic carbocycles. The average Bonchev–Trinajstić information content (AvgIpc) is 2.17. The standard InChI is InChI=1S/C10H15ClN2O/c1-4-10(2,3)14-7-8-5-6-9(11)13-12-8/h5-6H,4,7H2,1-3H3. The first kappa shape index (κ1) is 11.4. The van der Waals surface area contributed by atoms with Gasteiger partial charge in [-0.1, -0.05) is 18.5 Å². The lowest BCUT2D eigenvalue weighted by molar-refractivity contribution is -0.0332. The van der Waals surface area contributed by atoms with Crippen molar-refractivity contribution >= 4 is 11.6 Å². The van der Waals surface area contributed by atoms with Gasteiger partial charge in [-0.05, 0) is 32.4 Å². The summed E-state index contributed by atoms with van der Waals surface area (Å²) in [4.78, 5) is 0. The largest absolute Gasteiger partial charge is 0.369 e. The van der Waals surface area contributed by atoms with Crippen molar-refractivity contribution < 1.29 is 4.74 Å². The summed E-state index contributed by atoms with van der Waals surface area (Å²) in [5.41, 5.74) is 0.692. The Hall–Kier alpha value is -0.670. The van der Waals surface area contributed by atoms with Crippen molar-refractivity contribution in [1.29, 1.82) is 0 Å². The highest BCUT2D eigenvalue weighted by molar-refractivity contribution is 6.29. The van der Waals surface area contributed by atoms with Crippen LogP contribution in [0.2, 0.25) is 5.15 Å². The van der Waals surface area contributed by atoms with Gasteiger partial charge in [0.25, 0.3) is 0 Å². The second kappa shape index (κ2) is 4.71. The first-order valence-corrected chi connectivity index (χ1v) is 5.03. The van der Waals surface area contributed by atoms with Crippen molar-refractivity contribution in [1.82, 2.24) is 10.2 Å². The SMILES string of the molecule is CCC(C)(C)OCc1ccc(Cl)nn1. The fourth-order valence-electron chi connectivity index (χ4n) is 0.792.